The molecule has 7 heteroatoms. The van der Waals surface area contributed by atoms with Crippen LogP contribution in [0.25, 0.3) is 0 Å². The number of hydroxylamine groups is 2. The molecule has 0 atom stereocenters. The summed E-state index contributed by atoms with van der Waals surface area (Å²) in [4.78, 5) is 39.9. The van der Waals surface area contributed by atoms with E-state index in [0.29, 0.717) is 10.6 Å². The molecule has 0 spiro atoms. The minimum atomic E-state index is -0.680. The summed E-state index contributed by atoms with van der Waals surface area (Å²) in [5.41, 5.74) is 0.348. The predicted octanol–water partition coefficient (Wildman–Crippen LogP) is -0.903. The van der Waals surface area contributed by atoms with Crippen LogP contribution in [0.3, 0.4) is 0 Å². The number of carbonyl (C=O) groups excluding carboxylic acids is 3. The van der Waals surface area contributed by atoms with Crippen LogP contribution in [0.4, 0.5) is 0 Å². The summed E-state index contributed by atoms with van der Waals surface area (Å²) >= 11 is 1.35. The molecule has 1 aliphatic heterocycles. The number of hydrogen-bond donors (Lipinski definition) is 0. The van der Waals surface area contributed by atoms with Crippen LogP contribution in [-0.2, 0) is 14.4 Å². The van der Waals surface area contributed by atoms with Crippen LogP contribution in [0, 0.1) is 6.45 Å². The lowest BCUT2D eigenvalue weighted by atomic mass is 10.2. The molecule has 0 saturated carbocycles. The Bertz CT molecular complexity index is 713. The van der Waals surface area contributed by atoms with Crippen molar-refractivity contribution in [1.82, 2.24) is 5.06 Å². The van der Waals surface area contributed by atoms with Crippen molar-refractivity contribution >= 4 is 29.1 Å². The Balaban J connectivity index is 1.72. The highest BCUT2D eigenvalue weighted by molar-refractivity contribution is 7.07. The Kier molecular flexibility index (Phi) is 4.53. The normalized spacial score (nSPS) is 14.5. The zero-order chi connectivity index (χ0) is 15.5. The number of imide groups is 1. The first-order valence-electron chi connectivity index (χ1n) is 6.50. The van der Waals surface area contributed by atoms with Gasteiger partial charge in [0, 0.05) is 25.0 Å². The van der Waals surface area contributed by atoms with E-state index in [2.05, 4.69) is 6.07 Å². The van der Waals surface area contributed by atoms with Crippen molar-refractivity contribution in [3.05, 3.63) is 53.8 Å². The van der Waals surface area contributed by atoms with Crippen molar-refractivity contribution in [2.75, 3.05) is 0 Å². The van der Waals surface area contributed by atoms with Gasteiger partial charge in [-0.3, -0.25) is 9.59 Å². The van der Waals surface area contributed by atoms with E-state index in [0.717, 1.165) is 3.57 Å². The summed E-state index contributed by atoms with van der Waals surface area (Å²) in [7, 11) is 0. The monoisotopic (exact) mass is 428 g/mol. The molecule has 1 aliphatic rings. The second-order valence-electron chi connectivity index (χ2n) is 4.48. The minimum absolute atomic E-state index is 0.0933. The first-order valence-corrected chi connectivity index (χ1v) is 9.54. The van der Waals surface area contributed by atoms with Gasteiger partial charge in [0.1, 0.15) is 0 Å². The molecule has 3 rings (SSSR count). The molecule has 1 aromatic carbocycles. The fourth-order valence-corrected chi connectivity index (χ4v) is 5.68. The number of rotatable bonds is 4. The SMILES string of the molecule is O=C(ON1C(=O)CCC1=O)c1cccc([I+]c2cccs2)c1. The Morgan fingerprint density at radius 2 is 1.91 bits per heavy atom. The molecule has 1 saturated heterocycles. The Morgan fingerprint density at radius 1 is 1.14 bits per heavy atom. The first kappa shape index (κ1) is 15.2. The molecule has 0 unspecified atom stereocenters. The molecule has 112 valence electrons. The number of amides is 2. The van der Waals surface area contributed by atoms with Gasteiger partial charge in [-0.1, -0.05) is 17.4 Å². The Hall–Kier alpha value is -1.74. The van der Waals surface area contributed by atoms with Gasteiger partial charge in [-0.15, -0.1) is 5.06 Å². The quantitative estimate of drug-likeness (QED) is 0.468. The Labute approximate surface area is 141 Å². The topological polar surface area (TPSA) is 63.7 Å². The lowest BCUT2D eigenvalue weighted by Crippen LogP contribution is -3.61. The van der Waals surface area contributed by atoms with Crippen molar-refractivity contribution < 1.29 is 40.4 Å². The largest absolute Gasteiger partial charge is 0.369 e. The van der Waals surface area contributed by atoms with Gasteiger partial charge in [0.15, 0.2) is 3.57 Å². The van der Waals surface area contributed by atoms with Crippen LogP contribution in [-0.4, -0.2) is 22.8 Å². The minimum Gasteiger partial charge on any atom is -0.325 e. The van der Waals surface area contributed by atoms with Crippen LogP contribution in [0.15, 0.2) is 41.8 Å². The Morgan fingerprint density at radius 3 is 2.59 bits per heavy atom. The van der Waals surface area contributed by atoms with Crippen molar-refractivity contribution in [3.8, 4) is 0 Å². The second kappa shape index (κ2) is 6.57. The van der Waals surface area contributed by atoms with E-state index < -0.39 is 17.8 Å². The van der Waals surface area contributed by atoms with Gasteiger partial charge in [-0.05, 0) is 23.6 Å². The van der Waals surface area contributed by atoms with E-state index in [1.54, 1.807) is 29.5 Å². The van der Waals surface area contributed by atoms with Gasteiger partial charge in [0.05, 0.1) is 5.56 Å². The van der Waals surface area contributed by atoms with Gasteiger partial charge < -0.3 is 4.84 Å². The molecule has 0 N–H and O–H groups in total. The van der Waals surface area contributed by atoms with E-state index in [4.69, 9.17) is 4.84 Å². The number of nitrogens with zero attached hydrogens (tertiary/aromatic N) is 1. The highest BCUT2D eigenvalue weighted by atomic mass is 127. The summed E-state index contributed by atoms with van der Waals surface area (Å²) in [5, 5.41) is 2.60. The standard InChI is InChI=1S/C15H11INO4S/c18-13-6-7-14(19)17(13)21-15(20)10-3-1-4-11(9-10)16-12-5-2-8-22-12/h1-5,8-9H,6-7H2/q+1. The average molecular weight is 428 g/mol. The second-order valence-corrected chi connectivity index (χ2v) is 9.11. The van der Waals surface area contributed by atoms with Crippen LogP contribution in [0.1, 0.15) is 23.2 Å². The van der Waals surface area contributed by atoms with Gasteiger partial charge in [-0.2, -0.15) is 0 Å². The van der Waals surface area contributed by atoms with E-state index in [-0.39, 0.29) is 34.0 Å². The molecule has 1 fully saturated rings. The van der Waals surface area contributed by atoms with Gasteiger partial charge in [0.25, 0.3) is 11.8 Å². The lowest BCUT2D eigenvalue weighted by molar-refractivity contribution is -0.591. The molecule has 1 aromatic heterocycles. The van der Waals surface area contributed by atoms with E-state index in [1.807, 2.05) is 17.5 Å². The zero-order valence-corrected chi connectivity index (χ0v) is 14.3. The molecule has 2 amide bonds. The molecular weight excluding hydrogens is 417 g/mol. The van der Waals surface area contributed by atoms with Crippen LogP contribution >= 0.6 is 11.3 Å². The first-order chi connectivity index (χ1) is 10.6. The third-order valence-corrected chi connectivity index (χ3v) is 7.05. The maximum absolute atomic E-state index is 12.1. The third-order valence-electron chi connectivity index (χ3n) is 2.93. The summed E-state index contributed by atoms with van der Waals surface area (Å²) in [6.07, 6.45) is 0.187. The van der Waals surface area contributed by atoms with Crippen molar-refractivity contribution in [3.63, 3.8) is 0 Å². The van der Waals surface area contributed by atoms with Gasteiger partial charge in [-0.25, -0.2) is 4.79 Å². The predicted molar refractivity (Wildman–Crippen MR) is 74.7 cm³/mol. The van der Waals surface area contributed by atoms with E-state index in [1.165, 1.54) is 2.88 Å². The summed E-state index contributed by atoms with van der Waals surface area (Å²) in [5.74, 6) is -1.62. The maximum Gasteiger partial charge on any atom is 0.369 e. The highest BCUT2D eigenvalue weighted by Crippen LogP contribution is 2.14. The van der Waals surface area contributed by atoms with Crippen molar-refractivity contribution in [2.45, 2.75) is 12.8 Å². The molecule has 0 bridgehead atoms. The van der Waals surface area contributed by atoms with E-state index >= 15 is 0 Å². The fourth-order valence-electron chi connectivity index (χ4n) is 1.89. The molecular formula is C15H11INO4S+. The fraction of sp³-hybridized carbons (Fsp3) is 0.133. The lowest BCUT2D eigenvalue weighted by Gasteiger charge is -2.12. The molecule has 2 aromatic rings. The smallest absolute Gasteiger partial charge is 0.325 e. The van der Waals surface area contributed by atoms with Crippen molar-refractivity contribution in [2.24, 2.45) is 0 Å². The van der Waals surface area contributed by atoms with E-state index in [9.17, 15) is 14.4 Å². The van der Waals surface area contributed by atoms with Crippen LogP contribution in [0.2, 0.25) is 0 Å². The molecule has 0 aliphatic carbocycles. The van der Waals surface area contributed by atoms with Crippen molar-refractivity contribution in [1.29, 1.82) is 0 Å². The molecule has 2 heterocycles. The molecule has 0 radical (unpaired) electrons. The van der Waals surface area contributed by atoms with Crippen LogP contribution in [0.5, 0.6) is 0 Å². The van der Waals surface area contributed by atoms with Gasteiger partial charge >= 0.3 is 27.2 Å². The molecule has 22 heavy (non-hydrogen) atoms. The number of carbonyl (C=O) groups is 3. The zero-order valence-electron chi connectivity index (χ0n) is 11.3. The highest BCUT2D eigenvalue weighted by Gasteiger charge is 2.33. The average Bonchev–Trinajstić information content (AvgIpc) is 3.12. The summed E-state index contributed by atoms with van der Waals surface area (Å²) in [6, 6.07) is 11.2. The summed E-state index contributed by atoms with van der Waals surface area (Å²) < 4.78 is 2.38. The number of halogens is 1. The number of thiophene rings is 1. The molecule has 5 nitrogen and oxygen atoms in total. The third kappa shape index (κ3) is 3.36. The number of benzene rings is 1. The maximum atomic E-state index is 12.1. The summed E-state index contributed by atoms with van der Waals surface area (Å²) in [6.45, 7) is 0. The number of hydrogen-bond acceptors (Lipinski definition) is 5. The van der Waals surface area contributed by atoms with Crippen LogP contribution < -0.4 is 21.2 Å². The van der Waals surface area contributed by atoms with Gasteiger partial charge in [0.2, 0.25) is 2.88 Å².